The number of carbonyl (C=O) groups is 1. The first kappa shape index (κ1) is 15.2. The van der Waals surface area contributed by atoms with Crippen LogP contribution in [0.15, 0.2) is 46.6 Å². The summed E-state index contributed by atoms with van der Waals surface area (Å²) in [6.07, 6.45) is 0. The Labute approximate surface area is 113 Å². The van der Waals surface area contributed by atoms with E-state index >= 15 is 0 Å². The second-order valence-electron chi connectivity index (χ2n) is 3.90. The van der Waals surface area contributed by atoms with Gasteiger partial charge in [0.05, 0.1) is 6.61 Å². The third kappa shape index (κ3) is 4.10. The van der Waals surface area contributed by atoms with E-state index in [4.69, 9.17) is 4.74 Å². The molecule has 19 heavy (non-hydrogen) atoms. The van der Waals surface area contributed by atoms with Gasteiger partial charge in [-0.25, -0.2) is 4.79 Å². The van der Waals surface area contributed by atoms with E-state index in [2.05, 4.69) is 4.18 Å². The van der Waals surface area contributed by atoms with Gasteiger partial charge in [-0.1, -0.05) is 18.2 Å². The molecule has 1 aromatic rings. The van der Waals surface area contributed by atoms with Crippen LogP contribution in [0.25, 0.3) is 0 Å². The predicted octanol–water partition coefficient (Wildman–Crippen LogP) is 2.25. The van der Waals surface area contributed by atoms with Crippen LogP contribution in [0.3, 0.4) is 0 Å². The maximum Gasteiger partial charge on any atom is 0.389 e. The fourth-order valence-corrected chi connectivity index (χ4v) is 2.19. The first-order valence-corrected chi connectivity index (χ1v) is 7.13. The van der Waals surface area contributed by atoms with Crippen molar-refractivity contribution in [3.63, 3.8) is 0 Å². The van der Waals surface area contributed by atoms with Crippen LogP contribution >= 0.6 is 0 Å². The Hall–Kier alpha value is -1.82. The summed E-state index contributed by atoms with van der Waals surface area (Å²) in [4.78, 5) is 11.7. The van der Waals surface area contributed by atoms with Crippen molar-refractivity contribution in [3.05, 3.63) is 41.7 Å². The van der Waals surface area contributed by atoms with Gasteiger partial charge in [-0.2, -0.15) is 8.42 Å². The van der Waals surface area contributed by atoms with E-state index in [1.165, 1.54) is 12.1 Å². The van der Waals surface area contributed by atoms with Gasteiger partial charge in [0.1, 0.15) is 4.90 Å². The summed E-state index contributed by atoms with van der Waals surface area (Å²) in [6, 6.07) is 7.47. The van der Waals surface area contributed by atoms with Crippen LogP contribution in [-0.4, -0.2) is 21.0 Å². The van der Waals surface area contributed by atoms with E-state index in [0.717, 1.165) is 0 Å². The van der Waals surface area contributed by atoms with Crippen molar-refractivity contribution in [3.8, 4) is 0 Å². The van der Waals surface area contributed by atoms with Crippen LogP contribution in [0, 0.1) is 0 Å². The second-order valence-corrected chi connectivity index (χ2v) is 5.45. The third-order valence-corrected chi connectivity index (χ3v) is 3.37. The van der Waals surface area contributed by atoms with E-state index in [1.807, 2.05) is 0 Å². The van der Waals surface area contributed by atoms with Crippen LogP contribution in [0.5, 0.6) is 0 Å². The number of rotatable bonds is 5. The second kappa shape index (κ2) is 6.38. The summed E-state index contributed by atoms with van der Waals surface area (Å²) in [5, 5.41) is 0. The van der Waals surface area contributed by atoms with Gasteiger partial charge in [0, 0.05) is 0 Å². The van der Waals surface area contributed by atoms with Crippen LogP contribution in [0.4, 0.5) is 0 Å². The van der Waals surface area contributed by atoms with E-state index in [1.54, 1.807) is 39.0 Å². The summed E-state index contributed by atoms with van der Waals surface area (Å²) in [5.41, 5.74) is 0.551. The maximum absolute atomic E-state index is 11.9. The summed E-state index contributed by atoms with van der Waals surface area (Å²) >= 11 is 0. The molecule has 5 nitrogen and oxygen atoms in total. The molecule has 0 aliphatic rings. The highest BCUT2D eigenvalue weighted by Crippen LogP contribution is 2.15. The molecule has 0 unspecified atom stereocenters. The average molecular weight is 284 g/mol. The van der Waals surface area contributed by atoms with Crippen molar-refractivity contribution >= 4 is 16.1 Å². The molecule has 0 aliphatic carbocycles. The molecular weight excluding hydrogens is 268 g/mol. The van der Waals surface area contributed by atoms with Crippen molar-refractivity contribution in [2.75, 3.05) is 6.61 Å². The van der Waals surface area contributed by atoms with Crippen molar-refractivity contribution in [1.82, 2.24) is 0 Å². The number of benzene rings is 1. The van der Waals surface area contributed by atoms with Crippen LogP contribution in [0.2, 0.25) is 0 Å². The number of allylic oxidation sites excluding steroid dienone is 1. The molecular formula is C13H16O5S. The Bertz CT molecular complexity index is 568. The van der Waals surface area contributed by atoms with Gasteiger partial charge >= 0.3 is 16.1 Å². The van der Waals surface area contributed by atoms with Gasteiger partial charge in [0.15, 0.2) is 0 Å². The number of hydrogen-bond acceptors (Lipinski definition) is 5. The summed E-state index contributed by atoms with van der Waals surface area (Å²) in [6.45, 7) is 5.23. The highest BCUT2D eigenvalue weighted by Gasteiger charge is 2.24. The van der Waals surface area contributed by atoms with E-state index < -0.39 is 16.1 Å². The van der Waals surface area contributed by atoms with Gasteiger partial charge in [-0.15, -0.1) is 0 Å². The molecule has 0 spiro atoms. The van der Waals surface area contributed by atoms with E-state index in [0.29, 0.717) is 5.57 Å². The molecule has 0 bridgehead atoms. The SMILES string of the molecule is CCOC(C(=O)OS(=O)(=O)c1ccccc1)=C(C)C. The smallest absolute Gasteiger partial charge is 0.389 e. The topological polar surface area (TPSA) is 69.7 Å². The molecule has 0 heterocycles. The predicted molar refractivity (Wildman–Crippen MR) is 69.7 cm³/mol. The molecule has 1 aromatic carbocycles. The lowest BCUT2D eigenvalue weighted by Crippen LogP contribution is -2.17. The minimum atomic E-state index is -4.12. The molecule has 0 amide bonds. The molecule has 0 atom stereocenters. The Balaban J connectivity index is 2.97. The van der Waals surface area contributed by atoms with E-state index in [9.17, 15) is 13.2 Å². The van der Waals surface area contributed by atoms with E-state index in [-0.39, 0.29) is 17.3 Å². The molecule has 0 radical (unpaired) electrons. The van der Waals surface area contributed by atoms with Crippen molar-refractivity contribution in [2.45, 2.75) is 25.7 Å². The van der Waals surface area contributed by atoms with Crippen molar-refractivity contribution in [1.29, 1.82) is 0 Å². The Kier molecular flexibility index (Phi) is 5.11. The normalized spacial score (nSPS) is 10.7. The van der Waals surface area contributed by atoms with Gasteiger partial charge in [0.2, 0.25) is 5.76 Å². The first-order valence-electron chi connectivity index (χ1n) is 5.72. The molecule has 6 heteroatoms. The number of ether oxygens (including phenoxy) is 1. The molecule has 0 N–H and O–H groups in total. The number of hydrogen-bond donors (Lipinski definition) is 0. The third-order valence-electron chi connectivity index (χ3n) is 2.15. The quantitative estimate of drug-likeness (QED) is 0.471. The fourth-order valence-electron chi connectivity index (χ4n) is 1.32. The summed E-state index contributed by atoms with van der Waals surface area (Å²) < 4.78 is 33.3. The van der Waals surface area contributed by atoms with Crippen LogP contribution in [-0.2, 0) is 23.8 Å². The highest BCUT2D eigenvalue weighted by atomic mass is 32.2. The van der Waals surface area contributed by atoms with Gasteiger partial charge in [-0.05, 0) is 38.5 Å². The minimum Gasteiger partial charge on any atom is -0.487 e. The largest absolute Gasteiger partial charge is 0.487 e. The minimum absolute atomic E-state index is 0.0760. The average Bonchev–Trinajstić information content (AvgIpc) is 2.36. The van der Waals surface area contributed by atoms with Crippen molar-refractivity contribution < 1.29 is 22.1 Å². The van der Waals surface area contributed by atoms with Crippen LogP contribution in [0.1, 0.15) is 20.8 Å². The van der Waals surface area contributed by atoms with Gasteiger partial charge < -0.3 is 8.92 Å². The Morgan fingerprint density at radius 1 is 1.16 bits per heavy atom. The standard InChI is InChI=1S/C13H16O5S/c1-4-17-12(10(2)3)13(14)18-19(15,16)11-8-6-5-7-9-11/h5-9H,4H2,1-3H3. The molecule has 1 rings (SSSR count). The molecule has 0 aliphatic heterocycles. The highest BCUT2D eigenvalue weighted by molar-refractivity contribution is 7.87. The van der Waals surface area contributed by atoms with Gasteiger partial charge in [0.25, 0.3) is 0 Å². The molecule has 0 saturated carbocycles. The van der Waals surface area contributed by atoms with Gasteiger partial charge in [-0.3, -0.25) is 0 Å². The Morgan fingerprint density at radius 3 is 2.21 bits per heavy atom. The molecule has 104 valence electrons. The van der Waals surface area contributed by atoms with Crippen molar-refractivity contribution in [2.24, 2.45) is 0 Å². The lowest BCUT2D eigenvalue weighted by molar-refractivity contribution is -0.133. The zero-order chi connectivity index (χ0) is 14.5. The van der Waals surface area contributed by atoms with Crippen LogP contribution < -0.4 is 0 Å². The lowest BCUT2D eigenvalue weighted by atomic mass is 10.3. The monoisotopic (exact) mass is 284 g/mol. The summed E-state index contributed by atoms with van der Waals surface area (Å²) in [5.74, 6) is -1.09. The maximum atomic E-state index is 11.9. The number of carbonyl (C=O) groups excluding carboxylic acids is 1. The zero-order valence-corrected chi connectivity index (χ0v) is 11.9. The zero-order valence-electron chi connectivity index (χ0n) is 11.0. The molecule has 0 aromatic heterocycles. The Morgan fingerprint density at radius 2 is 1.74 bits per heavy atom. The molecule has 0 fully saturated rings. The molecule has 0 saturated heterocycles. The lowest BCUT2D eigenvalue weighted by Gasteiger charge is -2.10. The summed E-state index contributed by atoms with van der Waals surface area (Å²) in [7, 11) is -4.12. The first-order chi connectivity index (χ1) is 8.88. The fraction of sp³-hybridized carbons (Fsp3) is 0.308.